The number of nitrogens with zero attached hydrogens (tertiary/aromatic N) is 1. The van der Waals surface area contributed by atoms with E-state index >= 15 is 0 Å². The second-order valence-electron chi connectivity index (χ2n) is 7.92. The number of fused-ring (bicyclic) bond motifs is 1. The highest BCUT2D eigenvalue weighted by Gasteiger charge is 2.22. The van der Waals surface area contributed by atoms with E-state index < -0.39 is 21.8 Å². The van der Waals surface area contributed by atoms with Crippen LogP contribution in [0.4, 0.5) is 5.69 Å². The number of carbonyl (C=O) groups excluding carboxylic acids is 2. The van der Waals surface area contributed by atoms with Crippen molar-refractivity contribution >= 4 is 38.4 Å². The fourth-order valence-electron chi connectivity index (χ4n) is 3.64. The van der Waals surface area contributed by atoms with Gasteiger partial charge in [0, 0.05) is 35.4 Å². The number of para-hydroxylation sites is 1. The number of anilines is 1. The third-order valence-corrected chi connectivity index (χ3v) is 6.85. The van der Waals surface area contributed by atoms with Gasteiger partial charge in [0.2, 0.25) is 0 Å². The molecule has 2 amide bonds. The molecule has 0 saturated heterocycles. The van der Waals surface area contributed by atoms with E-state index in [0.717, 1.165) is 16.5 Å². The molecular formula is C25H24N4O5S. The number of methoxy groups -OCH3 is 1. The summed E-state index contributed by atoms with van der Waals surface area (Å²) < 4.78 is 35.5. The minimum absolute atomic E-state index is 0.0216. The normalized spacial score (nSPS) is 11.2. The first kappa shape index (κ1) is 23.8. The van der Waals surface area contributed by atoms with Crippen molar-refractivity contribution in [2.75, 3.05) is 11.8 Å². The van der Waals surface area contributed by atoms with Crippen molar-refractivity contribution in [3.8, 4) is 5.75 Å². The molecule has 4 aromatic rings. The first-order valence-electron chi connectivity index (χ1n) is 10.6. The van der Waals surface area contributed by atoms with Crippen LogP contribution in [0.5, 0.6) is 5.75 Å². The molecular weight excluding hydrogens is 468 g/mol. The van der Waals surface area contributed by atoms with Crippen molar-refractivity contribution in [2.24, 2.45) is 7.05 Å². The van der Waals surface area contributed by atoms with Gasteiger partial charge in [-0.3, -0.25) is 25.2 Å². The van der Waals surface area contributed by atoms with E-state index in [2.05, 4.69) is 15.6 Å². The van der Waals surface area contributed by atoms with Crippen LogP contribution >= 0.6 is 0 Å². The lowest BCUT2D eigenvalue weighted by atomic mass is 10.2. The number of hydrogen-bond acceptors (Lipinski definition) is 5. The number of sulfonamides is 1. The Morgan fingerprint density at radius 2 is 1.60 bits per heavy atom. The molecule has 0 aliphatic carbocycles. The van der Waals surface area contributed by atoms with E-state index in [9.17, 15) is 18.0 Å². The molecule has 0 aliphatic heterocycles. The number of benzene rings is 3. The lowest BCUT2D eigenvalue weighted by Crippen LogP contribution is -2.41. The molecule has 9 nitrogen and oxygen atoms in total. The Bertz CT molecular complexity index is 1530. The maximum Gasteiger partial charge on any atom is 0.271 e. The fraction of sp³-hybridized carbons (Fsp3) is 0.120. The monoisotopic (exact) mass is 492 g/mol. The Morgan fingerprint density at radius 3 is 2.31 bits per heavy atom. The molecule has 0 fully saturated rings. The first-order valence-corrected chi connectivity index (χ1v) is 12.1. The number of rotatable bonds is 6. The molecule has 0 saturated carbocycles. The summed E-state index contributed by atoms with van der Waals surface area (Å²) >= 11 is 0. The number of amides is 2. The van der Waals surface area contributed by atoms with Crippen LogP contribution in [0.25, 0.3) is 10.9 Å². The summed E-state index contributed by atoms with van der Waals surface area (Å²) in [5, 5.41) is 0.738. The van der Waals surface area contributed by atoms with Gasteiger partial charge in [0.1, 0.15) is 10.6 Å². The highest BCUT2D eigenvalue weighted by Crippen LogP contribution is 2.27. The highest BCUT2D eigenvalue weighted by atomic mass is 32.2. The molecule has 4 rings (SSSR count). The summed E-state index contributed by atoms with van der Waals surface area (Å²) in [5.41, 5.74) is 7.36. The number of aromatic nitrogens is 1. The largest absolute Gasteiger partial charge is 0.495 e. The number of aryl methyl sites for hydroxylation is 2. The molecule has 3 aromatic carbocycles. The van der Waals surface area contributed by atoms with Gasteiger partial charge in [-0.1, -0.05) is 35.9 Å². The van der Waals surface area contributed by atoms with E-state index in [4.69, 9.17) is 4.74 Å². The van der Waals surface area contributed by atoms with E-state index in [1.54, 1.807) is 30.5 Å². The van der Waals surface area contributed by atoms with Crippen LogP contribution in [-0.2, 0) is 17.1 Å². The zero-order chi connectivity index (χ0) is 25.2. The highest BCUT2D eigenvalue weighted by molar-refractivity contribution is 7.92. The van der Waals surface area contributed by atoms with Crippen molar-refractivity contribution in [1.29, 1.82) is 0 Å². The maximum absolute atomic E-state index is 13.0. The minimum Gasteiger partial charge on any atom is -0.495 e. The number of hydrazine groups is 1. The first-order chi connectivity index (χ1) is 16.7. The molecule has 0 atom stereocenters. The molecule has 1 heterocycles. The fourth-order valence-corrected chi connectivity index (χ4v) is 4.89. The number of ether oxygens (including phenoxy) is 1. The predicted molar refractivity (Wildman–Crippen MR) is 133 cm³/mol. The van der Waals surface area contributed by atoms with E-state index in [1.807, 2.05) is 42.8 Å². The van der Waals surface area contributed by atoms with Crippen LogP contribution in [0.1, 0.15) is 26.3 Å². The molecule has 180 valence electrons. The SMILES string of the molecule is COc1ccc(C(=O)NNC(=O)c2cn(C)c3ccccc23)cc1S(=O)(=O)Nc1ccc(C)cc1. The van der Waals surface area contributed by atoms with Crippen LogP contribution in [0.3, 0.4) is 0 Å². The summed E-state index contributed by atoms with van der Waals surface area (Å²) in [6.45, 7) is 1.89. The van der Waals surface area contributed by atoms with Crippen molar-refractivity contribution in [1.82, 2.24) is 15.4 Å². The van der Waals surface area contributed by atoms with Crippen LogP contribution in [0.2, 0.25) is 0 Å². The van der Waals surface area contributed by atoms with Gasteiger partial charge in [-0.15, -0.1) is 0 Å². The molecule has 1 aromatic heterocycles. The Labute approximate surface area is 202 Å². The van der Waals surface area contributed by atoms with Gasteiger partial charge >= 0.3 is 0 Å². The Balaban J connectivity index is 1.53. The molecule has 0 spiro atoms. The number of carbonyl (C=O) groups is 2. The van der Waals surface area contributed by atoms with E-state index in [-0.39, 0.29) is 16.2 Å². The van der Waals surface area contributed by atoms with Crippen LogP contribution in [-0.4, -0.2) is 31.9 Å². The summed E-state index contributed by atoms with van der Waals surface area (Å²) in [6, 6.07) is 18.2. The summed E-state index contributed by atoms with van der Waals surface area (Å²) in [6.07, 6.45) is 1.67. The lowest BCUT2D eigenvalue weighted by molar-refractivity contribution is 0.0847. The second kappa shape index (κ2) is 9.51. The summed E-state index contributed by atoms with van der Waals surface area (Å²) in [5.74, 6) is -1.12. The minimum atomic E-state index is -4.07. The average molecular weight is 493 g/mol. The number of nitrogens with one attached hydrogen (secondary N) is 3. The van der Waals surface area contributed by atoms with Crippen molar-refractivity contribution in [2.45, 2.75) is 11.8 Å². The van der Waals surface area contributed by atoms with E-state index in [1.165, 1.54) is 25.3 Å². The van der Waals surface area contributed by atoms with Gasteiger partial charge in [-0.05, 0) is 43.3 Å². The van der Waals surface area contributed by atoms with Crippen molar-refractivity contribution < 1.29 is 22.7 Å². The molecule has 0 radical (unpaired) electrons. The maximum atomic E-state index is 13.0. The smallest absolute Gasteiger partial charge is 0.271 e. The van der Waals surface area contributed by atoms with Gasteiger partial charge in [-0.2, -0.15) is 0 Å². The van der Waals surface area contributed by atoms with Gasteiger partial charge in [0.05, 0.1) is 12.7 Å². The molecule has 35 heavy (non-hydrogen) atoms. The molecule has 0 aliphatic rings. The topological polar surface area (TPSA) is 119 Å². The van der Waals surface area contributed by atoms with Gasteiger partial charge in [0.25, 0.3) is 21.8 Å². The van der Waals surface area contributed by atoms with Crippen molar-refractivity contribution in [3.05, 3.63) is 89.6 Å². The van der Waals surface area contributed by atoms with Crippen LogP contribution in [0.15, 0.2) is 77.8 Å². The third kappa shape index (κ3) is 4.97. The Morgan fingerprint density at radius 1 is 0.914 bits per heavy atom. The zero-order valence-electron chi connectivity index (χ0n) is 19.3. The van der Waals surface area contributed by atoms with E-state index in [0.29, 0.717) is 11.3 Å². The predicted octanol–water partition coefficient (Wildman–Crippen LogP) is 3.37. The Kier molecular flexibility index (Phi) is 6.48. The second-order valence-corrected chi connectivity index (χ2v) is 9.57. The molecule has 10 heteroatoms. The van der Waals surface area contributed by atoms with Gasteiger partial charge < -0.3 is 9.30 Å². The summed E-state index contributed by atoms with van der Waals surface area (Å²) in [4.78, 5) is 25.2. The zero-order valence-corrected chi connectivity index (χ0v) is 20.1. The number of hydrogen-bond donors (Lipinski definition) is 3. The third-order valence-electron chi connectivity index (χ3n) is 5.45. The van der Waals surface area contributed by atoms with Gasteiger partial charge in [0.15, 0.2) is 0 Å². The molecule has 0 bridgehead atoms. The Hall–Kier alpha value is -4.31. The average Bonchev–Trinajstić information content (AvgIpc) is 3.20. The lowest BCUT2D eigenvalue weighted by Gasteiger charge is -2.13. The van der Waals surface area contributed by atoms with Crippen molar-refractivity contribution in [3.63, 3.8) is 0 Å². The van der Waals surface area contributed by atoms with Crippen LogP contribution < -0.4 is 20.3 Å². The molecule has 3 N–H and O–H groups in total. The van der Waals surface area contributed by atoms with Crippen LogP contribution in [0, 0.1) is 6.92 Å². The molecule has 0 unspecified atom stereocenters. The summed E-state index contributed by atoms with van der Waals surface area (Å²) in [7, 11) is -0.907. The standard InChI is InChI=1S/C25H24N4O5S/c1-16-8-11-18(12-9-16)28-35(32,33)23-14-17(10-13-22(23)34-3)24(30)26-27-25(31)20-15-29(2)21-7-5-4-6-19(20)21/h4-15,28H,1-3H3,(H,26,30)(H,27,31). The van der Waals surface area contributed by atoms with Gasteiger partial charge in [-0.25, -0.2) is 8.42 Å². The quantitative estimate of drug-likeness (QED) is 0.357.